The summed E-state index contributed by atoms with van der Waals surface area (Å²) in [6.45, 7) is 4.48. The van der Waals surface area contributed by atoms with Gasteiger partial charge in [0.2, 0.25) is 5.91 Å². The summed E-state index contributed by atoms with van der Waals surface area (Å²) in [5, 5.41) is 2.95. The van der Waals surface area contributed by atoms with E-state index in [1.165, 1.54) is 12.1 Å². The molecule has 0 spiro atoms. The van der Waals surface area contributed by atoms with Crippen LogP contribution in [0.25, 0.3) is 11.3 Å². The molecule has 4 rings (SSSR count). The van der Waals surface area contributed by atoms with Crippen molar-refractivity contribution < 1.29 is 13.9 Å². The highest BCUT2D eigenvalue weighted by molar-refractivity contribution is 5.91. The standard InChI is InChI=1S/C24H27N3O3/c1-17-13-14-27(16-17)20-7-5-19(6-8-20)26-23(28)11-12-24-25-15-22(30-24)18-3-9-21(29-2)10-4-18/h3-10,15,17H,11-14,16H2,1-2H3,(H,26,28). The molecule has 1 unspecified atom stereocenters. The Kier molecular flexibility index (Phi) is 6.02. The first-order valence-electron chi connectivity index (χ1n) is 10.3. The van der Waals surface area contributed by atoms with Crippen LogP contribution in [0, 0.1) is 5.92 Å². The molecule has 1 atom stereocenters. The normalized spacial score (nSPS) is 15.9. The van der Waals surface area contributed by atoms with E-state index in [1.807, 2.05) is 36.4 Å². The number of amides is 1. The summed E-state index contributed by atoms with van der Waals surface area (Å²) in [5.74, 6) is 2.71. The van der Waals surface area contributed by atoms with E-state index in [1.54, 1.807) is 13.3 Å². The molecule has 0 bridgehead atoms. The summed E-state index contributed by atoms with van der Waals surface area (Å²) < 4.78 is 11.0. The van der Waals surface area contributed by atoms with Crippen molar-refractivity contribution in [2.24, 2.45) is 5.92 Å². The number of benzene rings is 2. The molecule has 1 fully saturated rings. The summed E-state index contributed by atoms with van der Waals surface area (Å²) >= 11 is 0. The number of ether oxygens (including phenoxy) is 1. The van der Waals surface area contributed by atoms with Crippen molar-refractivity contribution in [2.45, 2.75) is 26.2 Å². The molecular formula is C24H27N3O3. The van der Waals surface area contributed by atoms with Crippen LogP contribution in [-0.2, 0) is 11.2 Å². The van der Waals surface area contributed by atoms with Crippen LogP contribution in [0.1, 0.15) is 25.7 Å². The van der Waals surface area contributed by atoms with Crippen LogP contribution in [0.5, 0.6) is 5.75 Å². The van der Waals surface area contributed by atoms with Gasteiger partial charge in [0.15, 0.2) is 11.7 Å². The SMILES string of the molecule is COc1ccc(-c2cnc(CCC(=O)Nc3ccc(N4CCC(C)C4)cc3)o2)cc1. The predicted molar refractivity (Wildman–Crippen MR) is 118 cm³/mol. The van der Waals surface area contributed by atoms with Crippen LogP contribution in [0.3, 0.4) is 0 Å². The second kappa shape index (κ2) is 9.03. The number of methoxy groups -OCH3 is 1. The molecule has 2 aromatic carbocycles. The van der Waals surface area contributed by atoms with Crippen molar-refractivity contribution >= 4 is 17.3 Å². The van der Waals surface area contributed by atoms with Gasteiger partial charge in [0, 0.05) is 42.9 Å². The minimum absolute atomic E-state index is 0.0539. The van der Waals surface area contributed by atoms with Gasteiger partial charge in [0.1, 0.15) is 5.75 Å². The maximum Gasteiger partial charge on any atom is 0.224 e. The lowest BCUT2D eigenvalue weighted by Crippen LogP contribution is -2.19. The molecule has 1 aliphatic heterocycles. The Morgan fingerprint density at radius 2 is 1.97 bits per heavy atom. The van der Waals surface area contributed by atoms with Gasteiger partial charge < -0.3 is 19.4 Å². The minimum Gasteiger partial charge on any atom is -0.497 e. The predicted octanol–water partition coefficient (Wildman–Crippen LogP) is 4.77. The van der Waals surface area contributed by atoms with Gasteiger partial charge in [-0.15, -0.1) is 0 Å². The molecule has 1 saturated heterocycles. The highest BCUT2D eigenvalue weighted by Gasteiger charge is 2.18. The lowest BCUT2D eigenvalue weighted by Gasteiger charge is -2.18. The number of anilines is 2. The average molecular weight is 405 g/mol. The summed E-state index contributed by atoms with van der Waals surface area (Å²) in [7, 11) is 1.63. The molecular weight excluding hydrogens is 378 g/mol. The fourth-order valence-corrected chi connectivity index (χ4v) is 3.68. The number of nitrogens with zero attached hydrogens (tertiary/aromatic N) is 2. The molecule has 1 aromatic heterocycles. The Balaban J connectivity index is 1.28. The third-order valence-electron chi connectivity index (χ3n) is 5.43. The molecule has 156 valence electrons. The fraction of sp³-hybridized carbons (Fsp3) is 0.333. The van der Waals surface area contributed by atoms with Gasteiger partial charge in [-0.2, -0.15) is 0 Å². The largest absolute Gasteiger partial charge is 0.497 e. The first-order valence-corrected chi connectivity index (χ1v) is 10.3. The van der Waals surface area contributed by atoms with E-state index < -0.39 is 0 Å². The first kappa shape index (κ1) is 20.0. The zero-order valence-corrected chi connectivity index (χ0v) is 17.4. The van der Waals surface area contributed by atoms with Gasteiger partial charge in [-0.05, 0) is 60.9 Å². The number of carbonyl (C=O) groups excluding carboxylic acids is 1. The van der Waals surface area contributed by atoms with Crippen molar-refractivity contribution in [1.29, 1.82) is 0 Å². The van der Waals surface area contributed by atoms with E-state index in [0.717, 1.165) is 36.0 Å². The Morgan fingerprint density at radius 1 is 1.20 bits per heavy atom. The summed E-state index contributed by atoms with van der Waals surface area (Å²) in [4.78, 5) is 19.0. The van der Waals surface area contributed by atoms with Crippen molar-refractivity contribution in [3.05, 3.63) is 60.6 Å². The molecule has 0 radical (unpaired) electrons. The highest BCUT2D eigenvalue weighted by atomic mass is 16.5. The first-order chi connectivity index (χ1) is 14.6. The zero-order valence-electron chi connectivity index (χ0n) is 17.4. The molecule has 6 nitrogen and oxygen atoms in total. The number of carbonyl (C=O) groups is 1. The summed E-state index contributed by atoms with van der Waals surface area (Å²) in [5.41, 5.74) is 2.94. The number of hydrogen-bond donors (Lipinski definition) is 1. The lowest BCUT2D eigenvalue weighted by molar-refractivity contribution is -0.116. The Hall–Kier alpha value is -3.28. The average Bonchev–Trinajstić information content (AvgIpc) is 3.42. The minimum atomic E-state index is -0.0539. The number of nitrogens with one attached hydrogen (secondary N) is 1. The van der Waals surface area contributed by atoms with Gasteiger partial charge in [0.25, 0.3) is 0 Å². The van der Waals surface area contributed by atoms with Crippen molar-refractivity contribution in [2.75, 3.05) is 30.4 Å². The molecule has 1 aliphatic rings. The highest BCUT2D eigenvalue weighted by Crippen LogP contribution is 2.25. The maximum atomic E-state index is 12.3. The second-order valence-electron chi connectivity index (χ2n) is 7.78. The molecule has 6 heteroatoms. The number of aryl methyl sites for hydroxylation is 1. The zero-order chi connectivity index (χ0) is 20.9. The quantitative estimate of drug-likeness (QED) is 0.613. The van der Waals surface area contributed by atoms with Crippen LogP contribution in [0.15, 0.2) is 59.1 Å². The monoisotopic (exact) mass is 405 g/mol. The second-order valence-corrected chi connectivity index (χ2v) is 7.78. The number of oxazole rings is 1. The molecule has 1 N–H and O–H groups in total. The van der Waals surface area contributed by atoms with Gasteiger partial charge in [-0.1, -0.05) is 6.92 Å². The maximum absolute atomic E-state index is 12.3. The van der Waals surface area contributed by atoms with Crippen molar-refractivity contribution in [1.82, 2.24) is 4.98 Å². The van der Waals surface area contributed by atoms with Crippen LogP contribution >= 0.6 is 0 Å². The number of aromatic nitrogens is 1. The Bertz CT molecular complexity index is 980. The van der Waals surface area contributed by atoms with Crippen molar-refractivity contribution in [3.63, 3.8) is 0 Å². The molecule has 3 aromatic rings. The van der Waals surface area contributed by atoms with Crippen LogP contribution in [0.4, 0.5) is 11.4 Å². The molecule has 0 saturated carbocycles. The molecule has 1 amide bonds. The Morgan fingerprint density at radius 3 is 2.63 bits per heavy atom. The Labute approximate surface area is 176 Å². The summed E-state index contributed by atoms with van der Waals surface area (Å²) in [6, 6.07) is 15.7. The third kappa shape index (κ3) is 4.82. The van der Waals surface area contributed by atoms with Crippen LogP contribution in [0.2, 0.25) is 0 Å². The van der Waals surface area contributed by atoms with E-state index >= 15 is 0 Å². The van der Waals surface area contributed by atoms with E-state index in [4.69, 9.17) is 9.15 Å². The van der Waals surface area contributed by atoms with Gasteiger partial charge in [-0.25, -0.2) is 4.98 Å². The fourth-order valence-electron chi connectivity index (χ4n) is 3.68. The summed E-state index contributed by atoms with van der Waals surface area (Å²) in [6.07, 6.45) is 3.69. The van der Waals surface area contributed by atoms with Gasteiger partial charge in [-0.3, -0.25) is 4.79 Å². The molecule has 30 heavy (non-hydrogen) atoms. The van der Waals surface area contributed by atoms with E-state index in [2.05, 4.69) is 34.3 Å². The third-order valence-corrected chi connectivity index (χ3v) is 5.43. The van der Waals surface area contributed by atoms with E-state index in [-0.39, 0.29) is 5.91 Å². The lowest BCUT2D eigenvalue weighted by atomic mass is 10.2. The van der Waals surface area contributed by atoms with Crippen LogP contribution in [-0.4, -0.2) is 31.1 Å². The van der Waals surface area contributed by atoms with Gasteiger partial charge >= 0.3 is 0 Å². The number of hydrogen-bond acceptors (Lipinski definition) is 5. The van der Waals surface area contributed by atoms with Crippen molar-refractivity contribution in [3.8, 4) is 17.1 Å². The molecule has 0 aliphatic carbocycles. The van der Waals surface area contributed by atoms with E-state index in [9.17, 15) is 4.79 Å². The smallest absolute Gasteiger partial charge is 0.224 e. The van der Waals surface area contributed by atoms with Crippen LogP contribution < -0.4 is 15.0 Å². The van der Waals surface area contributed by atoms with Gasteiger partial charge in [0.05, 0.1) is 13.3 Å². The molecule has 2 heterocycles. The topological polar surface area (TPSA) is 67.6 Å². The van der Waals surface area contributed by atoms with E-state index in [0.29, 0.717) is 24.5 Å². The number of rotatable bonds is 7.